The van der Waals surface area contributed by atoms with E-state index in [1.54, 1.807) is 25.3 Å². The Bertz CT molecular complexity index is 919. The van der Waals surface area contributed by atoms with Crippen molar-refractivity contribution < 1.29 is 18.7 Å². The van der Waals surface area contributed by atoms with Crippen LogP contribution in [0, 0.1) is 25.2 Å². The lowest BCUT2D eigenvalue weighted by atomic mass is 10.1. The number of carbonyl (C=O) groups excluding carboxylic acids is 2. The summed E-state index contributed by atoms with van der Waals surface area (Å²) in [7, 11) is 1.65. The molecule has 0 aromatic carbocycles. The summed E-state index contributed by atoms with van der Waals surface area (Å²) in [6, 6.07) is 7.19. The predicted octanol–water partition coefficient (Wildman–Crippen LogP) is 2.36. The summed E-state index contributed by atoms with van der Waals surface area (Å²) in [5, 5.41) is 14.7. The SMILES string of the molecule is COCC(C)n1c(C)cc(/C=C(/C#N)C(=O)NCCNC(=O)c2ccco2)c1C. The fourth-order valence-electron chi connectivity index (χ4n) is 3.19. The topological polar surface area (TPSA) is 109 Å². The second kappa shape index (κ2) is 10.3. The zero-order valence-electron chi connectivity index (χ0n) is 17.1. The monoisotopic (exact) mass is 398 g/mol. The highest BCUT2D eigenvalue weighted by Crippen LogP contribution is 2.22. The molecule has 0 aliphatic heterocycles. The van der Waals surface area contributed by atoms with Crippen LogP contribution >= 0.6 is 0 Å². The molecule has 2 aromatic rings. The van der Waals surface area contributed by atoms with Gasteiger partial charge in [0.05, 0.1) is 18.9 Å². The van der Waals surface area contributed by atoms with Crippen molar-refractivity contribution in [3.63, 3.8) is 0 Å². The van der Waals surface area contributed by atoms with E-state index in [-0.39, 0.29) is 36.4 Å². The van der Waals surface area contributed by atoms with Crippen LogP contribution in [0.25, 0.3) is 6.08 Å². The van der Waals surface area contributed by atoms with Crippen molar-refractivity contribution in [2.45, 2.75) is 26.8 Å². The van der Waals surface area contributed by atoms with E-state index in [0.29, 0.717) is 6.61 Å². The number of carbonyl (C=O) groups is 2. The van der Waals surface area contributed by atoms with Gasteiger partial charge >= 0.3 is 0 Å². The Morgan fingerprint density at radius 2 is 2.07 bits per heavy atom. The predicted molar refractivity (Wildman–Crippen MR) is 108 cm³/mol. The Labute approximate surface area is 170 Å². The first kappa shape index (κ1) is 22.0. The number of methoxy groups -OCH3 is 1. The number of hydrogen-bond donors (Lipinski definition) is 2. The molecule has 0 aliphatic carbocycles. The third kappa shape index (κ3) is 5.59. The zero-order valence-corrected chi connectivity index (χ0v) is 17.1. The maximum atomic E-state index is 12.3. The largest absolute Gasteiger partial charge is 0.459 e. The molecule has 0 saturated heterocycles. The van der Waals surface area contributed by atoms with E-state index in [1.807, 2.05) is 32.9 Å². The van der Waals surface area contributed by atoms with Crippen LogP contribution < -0.4 is 10.6 Å². The maximum Gasteiger partial charge on any atom is 0.287 e. The Kier molecular flexibility index (Phi) is 7.80. The highest BCUT2D eigenvalue weighted by Gasteiger charge is 2.16. The number of nitriles is 1. The molecule has 0 radical (unpaired) electrons. The van der Waals surface area contributed by atoms with Crippen LogP contribution in [-0.4, -0.2) is 43.2 Å². The maximum absolute atomic E-state index is 12.3. The van der Waals surface area contributed by atoms with Gasteiger partial charge in [0.1, 0.15) is 11.6 Å². The molecule has 2 rings (SSSR count). The van der Waals surface area contributed by atoms with Gasteiger partial charge in [-0.3, -0.25) is 9.59 Å². The fourth-order valence-corrected chi connectivity index (χ4v) is 3.19. The smallest absolute Gasteiger partial charge is 0.287 e. The van der Waals surface area contributed by atoms with Crippen molar-refractivity contribution in [1.82, 2.24) is 15.2 Å². The van der Waals surface area contributed by atoms with E-state index in [9.17, 15) is 14.9 Å². The van der Waals surface area contributed by atoms with Gasteiger partial charge in [-0.1, -0.05) is 0 Å². The number of amides is 2. The van der Waals surface area contributed by atoms with Crippen molar-refractivity contribution in [3.8, 4) is 6.07 Å². The van der Waals surface area contributed by atoms with Gasteiger partial charge in [0.25, 0.3) is 11.8 Å². The minimum atomic E-state index is -0.491. The zero-order chi connectivity index (χ0) is 21.4. The molecule has 8 nitrogen and oxygen atoms in total. The fraction of sp³-hybridized carbons (Fsp3) is 0.381. The van der Waals surface area contributed by atoms with Crippen molar-refractivity contribution >= 4 is 17.9 Å². The molecule has 0 saturated carbocycles. The van der Waals surface area contributed by atoms with E-state index in [0.717, 1.165) is 17.0 Å². The minimum absolute atomic E-state index is 0.00186. The van der Waals surface area contributed by atoms with Crippen molar-refractivity contribution in [2.75, 3.05) is 26.8 Å². The summed E-state index contributed by atoms with van der Waals surface area (Å²) < 4.78 is 12.3. The van der Waals surface area contributed by atoms with E-state index < -0.39 is 5.91 Å². The Hall–Kier alpha value is -3.31. The summed E-state index contributed by atoms with van der Waals surface area (Å²) in [6.07, 6.45) is 2.99. The van der Waals surface area contributed by atoms with E-state index >= 15 is 0 Å². The molecule has 2 amide bonds. The Morgan fingerprint density at radius 1 is 1.34 bits per heavy atom. The number of ether oxygens (including phenoxy) is 1. The molecular formula is C21H26N4O4. The van der Waals surface area contributed by atoms with Crippen molar-refractivity contribution in [3.05, 3.63) is 52.7 Å². The van der Waals surface area contributed by atoms with Crippen LogP contribution in [0.4, 0.5) is 0 Å². The molecule has 0 fully saturated rings. The van der Waals surface area contributed by atoms with Crippen molar-refractivity contribution in [1.29, 1.82) is 5.26 Å². The van der Waals surface area contributed by atoms with E-state index in [4.69, 9.17) is 9.15 Å². The molecule has 1 unspecified atom stereocenters. The van der Waals surface area contributed by atoms with Gasteiger partial charge in [-0.05, 0) is 50.6 Å². The van der Waals surface area contributed by atoms with Gasteiger partial charge in [0, 0.05) is 31.6 Å². The molecule has 29 heavy (non-hydrogen) atoms. The van der Waals surface area contributed by atoms with Crippen LogP contribution in [0.1, 0.15) is 40.5 Å². The molecule has 0 spiro atoms. The first-order valence-corrected chi connectivity index (χ1v) is 9.28. The molecule has 154 valence electrons. The number of hydrogen-bond acceptors (Lipinski definition) is 5. The van der Waals surface area contributed by atoms with Crippen LogP contribution in [0.2, 0.25) is 0 Å². The standard InChI is InChI=1S/C21H26N4O4/c1-14-10-17(16(3)25(14)15(2)13-28-4)11-18(12-22)20(26)23-7-8-24-21(27)19-6-5-9-29-19/h5-6,9-11,15H,7-8,13H2,1-4H3,(H,23,26)(H,24,27)/b18-11-. The lowest BCUT2D eigenvalue weighted by Gasteiger charge is -2.17. The van der Waals surface area contributed by atoms with Gasteiger partial charge < -0.3 is 24.4 Å². The summed E-state index contributed by atoms with van der Waals surface area (Å²) in [5.74, 6) is -0.653. The first-order chi connectivity index (χ1) is 13.9. The third-order valence-electron chi connectivity index (χ3n) is 4.48. The lowest BCUT2D eigenvalue weighted by Crippen LogP contribution is -2.35. The number of aryl methyl sites for hydroxylation is 1. The molecule has 2 heterocycles. The van der Waals surface area contributed by atoms with Crippen LogP contribution in [0.3, 0.4) is 0 Å². The average molecular weight is 398 g/mol. The number of nitrogens with one attached hydrogen (secondary N) is 2. The van der Waals surface area contributed by atoms with Crippen LogP contribution in [-0.2, 0) is 9.53 Å². The second-order valence-corrected chi connectivity index (χ2v) is 6.66. The number of rotatable bonds is 9. The van der Waals surface area contributed by atoms with Gasteiger partial charge in [0.15, 0.2) is 5.76 Å². The number of furan rings is 1. The molecule has 0 aliphatic rings. The molecular weight excluding hydrogens is 372 g/mol. The van der Waals surface area contributed by atoms with Gasteiger partial charge in [-0.25, -0.2) is 0 Å². The van der Waals surface area contributed by atoms with Gasteiger partial charge in [-0.15, -0.1) is 0 Å². The molecule has 8 heteroatoms. The summed E-state index contributed by atoms with van der Waals surface area (Å²) in [5.41, 5.74) is 2.79. The first-order valence-electron chi connectivity index (χ1n) is 9.28. The molecule has 1 atom stereocenters. The normalized spacial score (nSPS) is 12.3. The minimum Gasteiger partial charge on any atom is -0.459 e. The Balaban J connectivity index is 1.99. The van der Waals surface area contributed by atoms with E-state index in [1.165, 1.54) is 6.26 Å². The molecule has 2 N–H and O–H groups in total. The summed E-state index contributed by atoms with van der Waals surface area (Å²) in [4.78, 5) is 24.1. The lowest BCUT2D eigenvalue weighted by molar-refractivity contribution is -0.117. The third-order valence-corrected chi connectivity index (χ3v) is 4.48. The Morgan fingerprint density at radius 3 is 2.69 bits per heavy atom. The van der Waals surface area contributed by atoms with Gasteiger partial charge in [-0.2, -0.15) is 5.26 Å². The van der Waals surface area contributed by atoms with Gasteiger partial charge in [0.2, 0.25) is 0 Å². The second-order valence-electron chi connectivity index (χ2n) is 6.66. The molecule has 0 bridgehead atoms. The van der Waals surface area contributed by atoms with Crippen LogP contribution in [0.15, 0.2) is 34.5 Å². The average Bonchev–Trinajstić information content (AvgIpc) is 3.31. The number of aromatic nitrogens is 1. The number of nitrogens with zero attached hydrogens (tertiary/aromatic N) is 2. The van der Waals surface area contributed by atoms with Crippen LogP contribution in [0.5, 0.6) is 0 Å². The highest BCUT2D eigenvalue weighted by atomic mass is 16.5. The summed E-state index contributed by atoms with van der Waals surface area (Å²) in [6.45, 7) is 6.94. The quantitative estimate of drug-likeness (QED) is 0.383. The van der Waals surface area contributed by atoms with Crippen molar-refractivity contribution in [2.24, 2.45) is 0 Å². The highest BCUT2D eigenvalue weighted by molar-refractivity contribution is 6.01. The van der Waals surface area contributed by atoms with E-state index in [2.05, 4.69) is 15.2 Å². The molecule has 2 aromatic heterocycles. The summed E-state index contributed by atoms with van der Waals surface area (Å²) >= 11 is 0.